The molecule has 2 aliphatic rings. The molecule has 0 bridgehead atoms. The van der Waals surface area contributed by atoms with Crippen LogP contribution in [0.5, 0.6) is 0 Å². The molecule has 0 amide bonds. The maximum atomic E-state index is 4.78. The Kier molecular flexibility index (Phi) is 3.96. The van der Waals surface area contributed by atoms with Crippen LogP contribution in [0.1, 0.15) is 68.2 Å². The molecule has 102 valence electrons. The second kappa shape index (κ2) is 6.04. The molecule has 19 heavy (non-hydrogen) atoms. The van der Waals surface area contributed by atoms with Crippen molar-refractivity contribution < 1.29 is 9.05 Å². The number of hydrogen-bond acceptors (Lipinski definition) is 4. The van der Waals surface area contributed by atoms with E-state index in [0.717, 1.165) is 11.4 Å². The molecule has 2 heterocycles. The Morgan fingerprint density at radius 2 is 1.21 bits per heavy atom. The first-order valence-corrected chi connectivity index (χ1v) is 7.24. The highest BCUT2D eigenvalue weighted by Gasteiger charge is 2.21. The van der Waals surface area contributed by atoms with Gasteiger partial charge >= 0.3 is 0 Å². The summed E-state index contributed by atoms with van der Waals surface area (Å²) < 4.78 is 9.50. The topological polar surface area (TPSA) is 52.1 Å². The Hall–Kier alpha value is -1.58. The predicted molar refractivity (Wildman–Crippen MR) is 70.8 cm³/mol. The highest BCUT2D eigenvalue weighted by atomic mass is 16.5. The minimum atomic E-state index is 0.693. The minimum Gasteiger partial charge on any atom is -0.365 e. The van der Waals surface area contributed by atoms with Crippen molar-refractivity contribution in [2.75, 3.05) is 0 Å². The average Bonchev–Trinajstić information content (AvgIpc) is 3.12. The molecule has 2 aromatic rings. The fraction of sp³-hybridized carbons (Fsp3) is 0.600. The summed E-state index contributed by atoms with van der Waals surface area (Å²) in [7, 11) is 0. The van der Waals surface area contributed by atoms with E-state index in [4.69, 9.17) is 9.05 Å². The summed E-state index contributed by atoms with van der Waals surface area (Å²) in [6.45, 7) is 0. The van der Waals surface area contributed by atoms with Gasteiger partial charge in [-0.1, -0.05) is 29.6 Å². The number of nitrogens with zero attached hydrogens (tertiary/aromatic N) is 2. The number of rotatable bonds is 2. The average molecular weight is 260 g/mol. The summed E-state index contributed by atoms with van der Waals surface area (Å²) in [6, 6.07) is 3.94. The second-order valence-corrected chi connectivity index (χ2v) is 5.46. The lowest BCUT2D eigenvalue weighted by Gasteiger charge is -2.22. The summed E-state index contributed by atoms with van der Waals surface area (Å²) >= 11 is 0. The monoisotopic (exact) mass is 260 g/mol. The van der Waals surface area contributed by atoms with Gasteiger partial charge < -0.3 is 9.05 Å². The molecule has 4 rings (SSSR count). The molecular formula is C15H20N2O2. The molecule has 0 spiro atoms. The van der Waals surface area contributed by atoms with E-state index in [9.17, 15) is 0 Å². The zero-order chi connectivity index (χ0) is 12.9. The molecular weight excluding hydrogens is 240 g/mol. The van der Waals surface area contributed by atoms with Gasteiger partial charge in [-0.2, -0.15) is 0 Å². The third-order valence-corrected chi connectivity index (χ3v) is 4.21. The highest BCUT2D eigenvalue weighted by molar-refractivity contribution is 5.07. The summed E-state index contributed by atoms with van der Waals surface area (Å²) in [5.74, 6) is 1.41. The van der Waals surface area contributed by atoms with Gasteiger partial charge in [-0.15, -0.1) is 0 Å². The molecule has 0 saturated heterocycles. The Morgan fingerprint density at radius 1 is 0.737 bits per heavy atom. The molecule has 2 saturated carbocycles. The fourth-order valence-electron chi connectivity index (χ4n) is 2.79. The molecule has 4 nitrogen and oxygen atoms in total. The van der Waals surface area contributed by atoms with E-state index >= 15 is 0 Å². The maximum absolute atomic E-state index is 4.78. The first-order valence-electron chi connectivity index (χ1n) is 7.24. The van der Waals surface area contributed by atoms with E-state index in [2.05, 4.69) is 10.3 Å². The standard InChI is InChI=1S/C8H11NO.C7H9NO/c1-2-4-7(3-1)8-5-6-10-9-8;1-2-6(3-1)7-4-5-9-8-7/h5-7H,1-4H2;4-6H,1-3H2. The minimum absolute atomic E-state index is 0.693. The van der Waals surface area contributed by atoms with Crippen LogP contribution in [0.4, 0.5) is 0 Å². The second-order valence-electron chi connectivity index (χ2n) is 5.46. The summed E-state index contributed by atoms with van der Waals surface area (Å²) in [5.41, 5.74) is 2.29. The van der Waals surface area contributed by atoms with Crippen molar-refractivity contribution in [3.05, 3.63) is 36.0 Å². The Morgan fingerprint density at radius 3 is 1.53 bits per heavy atom. The van der Waals surface area contributed by atoms with Gasteiger partial charge in [-0.05, 0) is 25.7 Å². The Labute approximate surface area is 113 Å². The van der Waals surface area contributed by atoms with Crippen LogP contribution in [-0.4, -0.2) is 10.3 Å². The van der Waals surface area contributed by atoms with Crippen molar-refractivity contribution in [1.82, 2.24) is 10.3 Å². The SMILES string of the molecule is c1cc(C2CCC2)no1.c1cc(C2CCCC2)no1. The molecule has 0 unspecified atom stereocenters. The zero-order valence-corrected chi connectivity index (χ0v) is 11.1. The molecule has 2 aromatic heterocycles. The van der Waals surface area contributed by atoms with Crippen LogP contribution < -0.4 is 0 Å². The van der Waals surface area contributed by atoms with Gasteiger partial charge in [0, 0.05) is 24.0 Å². The van der Waals surface area contributed by atoms with Crippen LogP contribution in [0.2, 0.25) is 0 Å². The summed E-state index contributed by atoms with van der Waals surface area (Å²) in [4.78, 5) is 0. The first kappa shape index (κ1) is 12.5. The van der Waals surface area contributed by atoms with Crippen molar-refractivity contribution in [3.8, 4) is 0 Å². The molecule has 0 radical (unpaired) electrons. The molecule has 0 N–H and O–H groups in total. The van der Waals surface area contributed by atoms with Gasteiger partial charge in [0.2, 0.25) is 0 Å². The van der Waals surface area contributed by atoms with E-state index in [1.165, 1.54) is 44.9 Å². The molecule has 2 aliphatic carbocycles. The van der Waals surface area contributed by atoms with Crippen LogP contribution in [-0.2, 0) is 0 Å². The summed E-state index contributed by atoms with van der Waals surface area (Å²) in [5, 5.41) is 7.79. The van der Waals surface area contributed by atoms with Gasteiger partial charge in [0.15, 0.2) is 0 Å². The molecule has 4 heteroatoms. The number of hydrogen-bond donors (Lipinski definition) is 0. The highest BCUT2D eigenvalue weighted by Crippen LogP contribution is 2.35. The van der Waals surface area contributed by atoms with Crippen LogP contribution in [0.3, 0.4) is 0 Å². The van der Waals surface area contributed by atoms with E-state index in [1.807, 2.05) is 12.1 Å². The normalized spacial score (nSPS) is 19.8. The van der Waals surface area contributed by atoms with E-state index in [0.29, 0.717) is 11.8 Å². The van der Waals surface area contributed by atoms with Crippen LogP contribution >= 0.6 is 0 Å². The zero-order valence-electron chi connectivity index (χ0n) is 11.1. The third kappa shape index (κ3) is 3.06. The third-order valence-electron chi connectivity index (χ3n) is 4.21. The van der Waals surface area contributed by atoms with Crippen LogP contribution in [0.25, 0.3) is 0 Å². The quantitative estimate of drug-likeness (QED) is 0.809. The molecule has 0 aliphatic heterocycles. The first-order chi connectivity index (χ1) is 9.43. The van der Waals surface area contributed by atoms with Crippen molar-refractivity contribution in [1.29, 1.82) is 0 Å². The lowest BCUT2D eigenvalue weighted by Crippen LogP contribution is -2.08. The van der Waals surface area contributed by atoms with Crippen molar-refractivity contribution in [2.24, 2.45) is 0 Å². The smallest absolute Gasteiger partial charge is 0.124 e. The molecule has 2 fully saturated rings. The van der Waals surface area contributed by atoms with Gasteiger partial charge in [-0.25, -0.2) is 0 Å². The fourth-order valence-corrected chi connectivity index (χ4v) is 2.79. The largest absolute Gasteiger partial charge is 0.365 e. The van der Waals surface area contributed by atoms with E-state index < -0.39 is 0 Å². The van der Waals surface area contributed by atoms with Gasteiger partial charge in [0.05, 0.1) is 11.4 Å². The van der Waals surface area contributed by atoms with Gasteiger partial charge in [0.25, 0.3) is 0 Å². The molecule has 0 atom stereocenters. The maximum Gasteiger partial charge on any atom is 0.124 e. The number of aromatic nitrogens is 2. The Bertz CT molecular complexity index is 454. The molecule has 0 aromatic carbocycles. The Balaban J connectivity index is 0.000000117. The lowest BCUT2D eigenvalue weighted by molar-refractivity contribution is 0.363. The van der Waals surface area contributed by atoms with Crippen molar-refractivity contribution in [3.63, 3.8) is 0 Å². The lowest BCUT2D eigenvalue weighted by atomic mass is 9.83. The van der Waals surface area contributed by atoms with Crippen LogP contribution in [0.15, 0.2) is 33.7 Å². The van der Waals surface area contributed by atoms with Crippen LogP contribution in [0, 0.1) is 0 Å². The van der Waals surface area contributed by atoms with E-state index in [1.54, 1.807) is 12.5 Å². The van der Waals surface area contributed by atoms with Gasteiger partial charge in [-0.3, -0.25) is 0 Å². The predicted octanol–water partition coefficient (Wildman–Crippen LogP) is 4.27. The van der Waals surface area contributed by atoms with Crippen molar-refractivity contribution >= 4 is 0 Å². The van der Waals surface area contributed by atoms with E-state index in [-0.39, 0.29) is 0 Å². The summed E-state index contributed by atoms with van der Waals surface area (Å²) in [6.07, 6.45) is 12.6. The van der Waals surface area contributed by atoms with Crippen molar-refractivity contribution in [2.45, 2.75) is 56.8 Å². The van der Waals surface area contributed by atoms with Gasteiger partial charge in [0.1, 0.15) is 12.5 Å².